The van der Waals surface area contributed by atoms with Gasteiger partial charge in [-0.1, -0.05) is 12.8 Å². The van der Waals surface area contributed by atoms with E-state index in [2.05, 4.69) is 20.5 Å². The van der Waals surface area contributed by atoms with Crippen LogP contribution in [0.5, 0.6) is 0 Å². The molecule has 6 nitrogen and oxygen atoms in total. The maximum absolute atomic E-state index is 5.90. The van der Waals surface area contributed by atoms with E-state index in [1.807, 2.05) is 17.7 Å². The first-order valence-corrected chi connectivity index (χ1v) is 7.23. The Hall–Kier alpha value is -1.63. The van der Waals surface area contributed by atoms with Crippen molar-refractivity contribution < 1.29 is 0 Å². The van der Waals surface area contributed by atoms with Crippen molar-refractivity contribution in [1.82, 2.24) is 25.2 Å². The zero-order valence-corrected chi connectivity index (χ0v) is 11.6. The molecule has 3 rings (SSSR count). The first-order chi connectivity index (χ1) is 9.24. The van der Waals surface area contributed by atoms with Crippen LogP contribution >= 0.6 is 11.8 Å². The molecule has 1 fully saturated rings. The van der Waals surface area contributed by atoms with Gasteiger partial charge in [0, 0.05) is 11.9 Å². The molecule has 19 heavy (non-hydrogen) atoms. The lowest BCUT2D eigenvalue weighted by Gasteiger charge is -2.10. The summed E-state index contributed by atoms with van der Waals surface area (Å²) in [6.45, 7) is 1.94. The van der Waals surface area contributed by atoms with E-state index in [0.717, 1.165) is 34.3 Å². The Bertz CT molecular complexity index is 575. The topological polar surface area (TPSA) is 82.5 Å². The second-order valence-corrected chi connectivity index (χ2v) is 5.81. The second-order valence-electron chi connectivity index (χ2n) is 4.83. The first-order valence-electron chi connectivity index (χ1n) is 6.42. The van der Waals surface area contributed by atoms with Gasteiger partial charge in [-0.15, -0.1) is 5.10 Å². The van der Waals surface area contributed by atoms with Crippen molar-refractivity contribution in [3.05, 3.63) is 17.8 Å². The normalized spacial score (nSPS) is 16.1. The summed E-state index contributed by atoms with van der Waals surface area (Å²) in [5.41, 5.74) is 7.63. The Morgan fingerprint density at radius 2 is 2.16 bits per heavy atom. The van der Waals surface area contributed by atoms with Crippen LogP contribution in [-0.4, -0.2) is 25.2 Å². The molecule has 0 aromatic carbocycles. The molecule has 1 saturated carbocycles. The fraction of sp³-hybridized carbons (Fsp3) is 0.500. The summed E-state index contributed by atoms with van der Waals surface area (Å²) in [5.74, 6) is 0. The van der Waals surface area contributed by atoms with Gasteiger partial charge >= 0.3 is 0 Å². The molecule has 1 aliphatic rings. The van der Waals surface area contributed by atoms with Gasteiger partial charge in [0.25, 0.3) is 0 Å². The Morgan fingerprint density at radius 1 is 1.37 bits per heavy atom. The summed E-state index contributed by atoms with van der Waals surface area (Å²) in [4.78, 5) is 4.36. The quantitative estimate of drug-likeness (QED) is 0.925. The Balaban J connectivity index is 1.83. The molecular weight excluding hydrogens is 260 g/mol. The molecule has 0 bridgehead atoms. The van der Waals surface area contributed by atoms with Crippen molar-refractivity contribution in [2.45, 2.75) is 48.8 Å². The number of nitrogens with two attached hydrogens (primary N) is 1. The fourth-order valence-electron chi connectivity index (χ4n) is 2.30. The van der Waals surface area contributed by atoms with Crippen LogP contribution in [0.15, 0.2) is 22.4 Å². The van der Waals surface area contributed by atoms with E-state index in [1.54, 1.807) is 6.20 Å². The average molecular weight is 276 g/mol. The lowest BCUT2D eigenvalue weighted by atomic mass is 10.3. The summed E-state index contributed by atoms with van der Waals surface area (Å²) in [5, 5.41) is 13.6. The van der Waals surface area contributed by atoms with E-state index in [1.165, 1.54) is 24.6 Å². The molecule has 0 aliphatic heterocycles. The number of rotatable bonds is 3. The van der Waals surface area contributed by atoms with Crippen LogP contribution in [0, 0.1) is 6.92 Å². The number of nitrogen functional groups attached to an aromatic ring is 1. The second kappa shape index (κ2) is 5.16. The number of anilines is 1. The highest BCUT2D eigenvalue weighted by Gasteiger charge is 2.22. The Morgan fingerprint density at radius 3 is 2.89 bits per heavy atom. The van der Waals surface area contributed by atoms with Gasteiger partial charge in [-0.2, -0.15) is 0 Å². The Labute approximate surface area is 115 Å². The van der Waals surface area contributed by atoms with E-state index in [-0.39, 0.29) is 0 Å². The highest BCUT2D eigenvalue weighted by Crippen LogP contribution is 2.33. The van der Waals surface area contributed by atoms with Crippen molar-refractivity contribution in [2.75, 3.05) is 5.73 Å². The van der Waals surface area contributed by atoms with Gasteiger partial charge in [-0.05, 0) is 53.6 Å². The smallest absolute Gasteiger partial charge is 0.215 e. The zero-order chi connectivity index (χ0) is 13.2. The van der Waals surface area contributed by atoms with E-state index in [0.29, 0.717) is 6.04 Å². The minimum absolute atomic E-state index is 0.431. The van der Waals surface area contributed by atoms with Crippen LogP contribution in [0.2, 0.25) is 0 Å². The molecule has 2 heterocycles. The van der Waals surface area contributed by atoms with Crippen LogP contribution < -0.4 is 5.73 Å². The highest BCUT2D eigenvalue weighted by molar-refractivity contribution is 7.99. The van der Waals surface area contributed by atoms with Crippen LogP contribution in [0.1, 0.15) is 37.3 Å². The summed E-state index contributed by atoms with van der Waals surface area (Å²) in [7, 11) is 0. The van der Waals surface area contributed by atoms with E-state index in [4.69, 9.17) is 5.73 Å². The van der Waals surface area contributed by atoms with Crippen LogP contribution in [0.25, 0.3) is 0 Å². The van der Waals surface area contributed by atoms with Crippen LogP contribution in [0.3, 0.4) is 0 Å². The molecule has 0 atom stereocenters. The lowest BCUT2D eigenvalue weighted by molar-refractivity contribution is 0.423. The largest absolute Gasteiger partial charge is 0.398 e. The molecule has 2 aromatic rings. The molecule has 0 saturated heterocycles. The molecule has 2 aromatic heterocycles. The SMILES string of the molecule is Cc1cnc(Sc2nnnn2C2CCCC2)cc1N. The molecule has 7 heteroatoms. The van der Waals surface area contributed by atoms with Gasteiger partial charge in [0.15, 0.2) is 0 Å². The minimum atomic E-state index is 0.431. The number of hydrogen-bond donors (Lipinski definition) is 1. The number of hydrogen-bond acceptors (Lipinski definition) is 6. The van der Waals surface area contributed by atoms with Gasteiger partial charge in [-0.3, -0.25) is 0 Å². The summed E-state index contributed by atoms with van der Waals surface area (Å²) in [6, 6.07) is 2.30. The maximum Gasteiger partial charge on any atom is 0.215 e. The number of nitrogens with zero attached hydrogens (tertiary/aromatic N) is 5. The molecule has 1 aliphatic carbocycles. The monoisotopic (exact) mass is 276 g/mol. The summed E-state index contributed by atoms with van der Waals surface area (Å²) in [6.07, 6.45) is 6.60. The summed E-state index contributed by atoms with van der Waals surface area (Å²) >= 11 is 1.47. The Kier molecular flexibility index (Phi) is 3.37. The first kappa shape index (κ1) is 12.4. The lowest BCUT2D eigenvalue weighted by Crippen LogP contribution is -2.08. The molecule has 0 radical (unpaired) electrons. The number of tetrazole rings is 1. The maximum atomic E-state index is 5.90. The fourth-order valence-corrected chi connectivity index (χ4v) is 3.13. The number of aromatic nitrogens is 5. The third kappa shape index (κ3) is 2.56. The standard InChI is InChI=1S/C12H16N6S/c1-8-7-14-11(6-10(8)13)19-12-15-16-17-18(12)9-4-2-3-5-9/h6-7,9H,2-5H2,1H3,(H2,13,14). The number of pyridine rings is 1. The predicted octanol–water partition coefficient (Wildman–Crippen LogP) is 2.23. The highest BCUT2D eigenvalue weighted by atomic mass is 32.2. The number of aryl methyl sites for hydroxylation is 1. The molecule has 0 unspecified atom stereocenters. The molecule has 0 spiro atoms. The van der Waals surface area contributed by atoms with Crippen LogP contribution in [-0.2, 0) is 0 Å². The van der Waals surface area contributed by atoms with Gasteiger partial charge in [-0.25, -0.2) is 9.67 Å². The molecule has 100 valence electrons. The van der Waals surface area contributed by atoms with Crippen molar-refractivity contribution in [3.63, 3.8) is 0 Å². The predicted molar refractivity (Wildman–Crippen MR) is 72.8 cm³/mol. The van der Waals surface area contributed by atoms with Gasteiger partial charge < -0.3 is 5.73 Å². The molecule has 0 amide bonds. The molecular formula is C12H16N6S. The van der Waals surface area contributed by atoms with Crippen molar-refractivity contribution in [3.8, 4) is 0 Å². The van der Waals surface area contributed by atoms with Gasteiger partial charge in [0.1, 0.15) is 5.03 Å². The average Bonchev–Trinajstić information content (AvgIpc) is 3.04. The van der Waals surface area contributed by atoms with Gasteiger partial charge in [0.2, 0.25) is 5.16 Å². The molecule has 2 N–H and O–H groups in total. The third-order valence-corrected chi connectivity index (χ3v) is 4.33. The van der Waals surface area contributed by atoms with Gasteiger partial charge in [0.05, 0.1) is 6.04 Å². The summed E-state index contributed by atoms with van der Waals surface area (Å²) < 4.78 is 1.93. The van der Waals surface area contributed by atoms with E-state index >= 15 is 0 Å². The van der Waals surface area contributed by atoms with Crippen molar-refractivity contribution >= 4 is 17.4 Å². The van der Waals surface area contributed by atoms with E-state index < -0.39 is 0 Å². The van der Waals surface area contributed by atoms with Crippen molar-refractivity contribution in [1.29, 1.82) is 0 Å². The zero-order valence-electron chi connectivity index (χ0n) is 10.8. The van der Waals surface area contributed by atoms with Crippen molar-refractivity contribution in [2.24, 2.45) is 0 Å². The van der Waals surface area contributed by atoms with Crippen LogP contribution in [0.4, 0.5) is 5.69 Å². The minimum Gasteiger partial charge on any atom is -0.398 e. The third-order valence-electron chi connectivity index (χ3n) is 3.45. The van der Waals surface area contributed by atoms with E-state index in [9.17, 15) is 0 Å².